The molecule has 0 N–H and O–H groups in total. The number of nitrogens with zero attached hydrogens (tertiary/aromatic N) is 1. The summed E-state index contributed by atoms with van der Waals surface area (Å²) in [5.74, 6) is 0. The second-order valence-electron chi connectivity index (χ2n) is 10.1. The Kier molecular flexibility index (Phi) is 4.89. The third kappa shape index (κ3) is 3.51. The Morgan fingerprint density at radius 3 is 1.65 bits per heavy atom. The molecule has 8 aromatic rings. The molecule has 0 spiro atoms. The smallest absolute Gasteiger partial charge is 0.136 e. The SMILES string of the molecule is N#Cc1cccc(-c2cc(-c3ccc4c(c3)oc3ccccc34)ccc2-c2ccc3c(c2)oc2ccccc23)c1. The van der Waals surface area contributed by atoms with Crippen LogP contribution in [0.25, 0.3) is 77.3 Å². The molecule has 186 valence electrons. The zero-order chi connectivity index (χ0) is 26.6. The summed E-state index contributed by atoms with van der Waals surface area (Å²) in [6, 6.07) is 45.6. The molecule has 40 heavy (non-hydrogen) atoms. The molecule has 3 nitrogen and oxygen atoms in total. The molecular weight excluding hydrogens is 490 g/mol. The lowest BCUT2D eigenvalue weighted by atomic mass is 9.90. The van der Waals surface area contributed by atoms with Gasteiger partial charge in [0, 0.05) is 21.5 Å². The van der Waals surface area contributed by atoms with Gasteiger partial charge in [0.15, 0.2) is 0 Å². The summed E-state index contributed by atoms with van der Waals surface area (Å²) in [5, 5.41) is 14.0. The first-order valence-corrected chi connectivity index (χ1v) is 13.2. The normalized spacial score (nSPS) is 11.5. The summed E-state index contributed by atoms with van der Waals surface area (Å²) in [6.45, 7) is 0. The molecule has 3 heteroatoms. The van der Waals surface area contributed by atoms with Gasteiger partial charge in [-0.25, -0.2) is 0 Å². The summed E-state index contributed by atoms with van der Waals surface area (Å²) >= 11 is 0. The fraction of sp³-hybridized carbons (Fsp3) is 0. The first kappa shape index (κ1) is 22.4. The van der Waals surface area contributed by atoms with Crippen LogP contribution in [-0.4, -0.2) is 0 Å². The van der Waals surface area contributed by atoms with Crippen molar-refractivity contribution in [1.82, 2.24) is 0 Å². The molecular formula is C37H21NO2. The number of benzene rings is 6. The minimum absolute atomic E-state index is 0.630. The highest BCUT2D eigenvalue weighted by Crippen LogP contribution is 2.40. The molecule has 0 saturated carbocycles. The molecule has 0 unspecified atom stereocenters. The van der Waals surface area contributed by atoms with Gasteiger partial charge in [0.1, 0.15) is 22.3 Å². The molecule has 0 aliphatic heterocycles. The molecule has 0 atom stereocenters. The van der Waals surface area contributed by atoms with Crippen molar-refractivity contribution in [3.05, 3.63) is 133 Å². The molecule has 0 aliphatic carbocycles. The fourth-order valence-corrected chi connectivity index (χ4v) is 5.77. The van der Waals surface area contributed by atoms with Crippen molar-refractivity contribution < 1.29 is 8.83 Å². The Labute approximate surface area is 230 Å². The third-order valence-electron chi connectivity index (χ3n) is 7.72. The Morgan fingerprint density at radius 2 is 0.950 bits per heavy atom. The predicted molar refractivity (Wildman–Crippen MR) is 162 cm³/mol. The highest BCUT2D eigenvalue weighted by molar-refractivity contribution is 6.07. The summed E-state index contributed by atoms with van der Waals surface area (Å²) in [7, 11) is 0. The molecule has 0 amide bonds. The average molecular weight is 512 g/mol. The van der Waals surface area contributed by atoms with Gasteiger partial charge in [-0.1, -0.05) is 72.8 Å². The van der Waals surface area contributed by atoms with E-state index in [9.17, 15) is 5.26 Å². The van der Waals surface area contributed by atoms with Gasteiger partial charge in [-0.3, -0.25) is 0 Å². The molecule has 0 bridgehead atoms. The van der Waals surface area contributed by atoms with Crippen LogP contribution in [0.15, 0.2) is 136 Å². The second-order valence-corrected chi connectivity index (χ2v) is 10.1. The van der Waals surface area contributed by atoms with E-state index in [1.165, 1.54) is 0 Å². The van der Waals surface area contributed by atoms with Crippen LogP contribution in [0.5, 0.6) is 0 Å². The molecule has 2 heterocycles. The van der Waals surface area contributed by atoms with Gasteiger partial charge in [-0.2, -0.15) is 5.26 Å². The van der Waals surface area contributed by atoms with Crippen molar-refractivity contribution in [3.63, 3.8) is 0 Å². The quantitative estimate of drug-likeness (QED) is 0.237. The Balaban J connectivity index is 1.32. The molecule has 6 aromatic carbocycles. The second kappa shape index (κ2) is 8.73. The van der Waals surface area contributed by atoms with E-state index in [-0.39, 0.29) is 0 Å². The van der Waals surface area contributed by atoms with Gasteiger partial charge in [0.05, 0.1) is 11.6 Å². The molecule has 0 saturated heterocycles. The van der Waals surface area contributed by atoms with Crippen LogP contribution < -0.4 is 0 Å². The maximum atomic E-state index is 9.60. The number of hydrogen-bond acceptors (Lipinski definition) is 3. The standard InChI is InChI=1S/C37H21NO2/c38-22-23-6-5-7-26(18-23)33-19-24(25-13-16-31-29-8-1-3-10-34(29)39-36(31)20-25)12-15-28(33)27-14-17-32-30-9-2-4-11-35(30)40-37(32)21-27/h1-21H. The van der Waals surface area contributed by atoms with E-state index in [0.29, 0.717) is 5.56 Å². The highest BCUT2D eigenvalue weighted by Gasteiger charge is 2.15. The minimum Gasteiger partial charge on any atom is -0.456 e. The van der Waals surface area contributed by atoms with Crippen LogP contribution in [-0.2, 0) is 0 Å². The largest absolute Gasteiger partial charge is 0.456 e. The van der Waals surface area contributed by atoms with Crippen LogP contribution in [0.4, 0.5) is 0 Å². The van der Waals surface area contributed by atoms with Crippen molar-refractivity contribution in [2.45, 2.75) is 0 Å². The van der Waals surface area contributed by atoms with E-state index in [4.69, 9.17) is 8.83 Å². The Hall–Kier alpha value is -5.59. The van der Waals surface area contributed by atoms with Gasteiger partial charge in [0.2, 0.25) is 0 Å². The molecule has 0 radical (unpaired) electrons. The van der Waals surface area contributed by atoms with Crippen molar-refractivity contribution in [2.75, 3.05) is 0 Å². The predicted octanol–water partition coefficient (Wildman–Crippen LogP) is 10.4. The van der Waals surface area contributed by atoms with Crippen LogP contribution in [0.1, 0.15) is 5.56 Å². The van der Waals surface area contributed by atoms with Gasteiger partial charge >= 0.3 is 0 Å². The van der Waals surface area contributed by atoms with Crippen molar-refractivity contribution >= 4 is 43.9 Å². The maximum absolute atomic E-state index is 9.60. The van der Waals surface area contributed by atoms with Crippen LogP contribution in [0.3, 0.4) is 0 Å². The number of nitriles is 1. The summed E-state index contributed by atoms with van der Waals surface area (Å²) in [4.78, 5) is 0. The zero-order valence-electron chi connectivity index (χ0n) is 21.4. The van der Waals surface area contributed by atoms with Crippen molar-refractivity contribution in [3.8, 4) is 39.4 Å². The lowest BCUT2D eigenvalue weighted by molar-refractivity contribution is 0.668. The number of fused-ring (bicyclic) bond motifs is 6. The topological polar surface area (TPSA) is 50.1 Å². The number of hydrogen-bond donors (Lipinski definition) is 0. The molecule has 0 aliphatic rings. The van der Waals surface area contributed by atoms with Crippen molar-refractivity contribution in [1.29, 1.82) is 5.26 Å². The maximum Gasteiger partial charge on any atom is 0.136 e. The monoisotopic (exact) mass is 511 g/mol. The van der Waals surface area contributed by atoms with Gasteiger partial charge < -0.3 is 8.83 Å². The van der Waals surface area contributed by atoms with Crippen LogP contribution in [0.2, 0.25) is 0 Å². The first-order chi connectivity index (χ1) is 19.7. The number of furan rings is 2. The van der Waals surface area contributed by atoms with E-state index in [1.54, 1.807) is 0 Å². The van der Waals surface area contributed by atoms with E-state index in [0.717, 1.165) is 77.3 Å². The summed E-state index contributed by atoms with van der Waals surface area (Å²) in [5.41, 5.74) is 10.4. The number of rotatable bonds is 3. The third-order valence-corrected chi connectivity index (χ3v) is 7.72. The van der Waals surface area contributed by atoms with E-state index in [2.05, 4.69) is 78.9 Å². The molecule has 0 fully saturated rings. The molecule has 2 aromatic heterocycles. The lowest BCUT2D eigenvalue weighted by Gasteiger charge is -2.14. The Bertz CT molecular complexity index is 2290. The minimum atomic E-state index is 0.630. The van der Waals surface area contributed by atoms with E-state index >= 15 is 0 Å². The van der Waals surface area contributed by atoms with Gasteiger partial charge in [0.25, 0.3) is 0 Å². The van der Waals surface area contributed by atoms with Gasteiger partial charge in [-0.15, -0.1) is 0 Å². The lowest BCUT2D eigenvalue weighted by Crippen LogP contribution is -1.89. The first-order valence-electron chi connectivity index (χ1n) is 13.2. The average Bonchev–Trinajstić information content (AvgIpc) is 3.58. The number of para-hydroxylation sites is 2. The van der Waals surface area contributed by atoms with E-state index < -0.39 is 0 Å². The highest BCUT2D eigenvalue weighted by atomic mass is 16.3. The Morgan fingerprint density at radius 1 is 0.400 bits per heavy atom. The fourth-order valence-electron chi connectivity index (χ4n) is 5.77. The van der Waals surface area contributed by atoms with Crippen molar-refractivity contribution in [2.24, 2.45) is 0 Å². The summed E-state index contributed by atoms with van der Waals surface area (Å²) in [6.07, 6.45) is 0. The zero-order valence-corrected chi connectivity index (χ0v) is 21.4. The van der Waals surface area contributed by atoms with Crippen LogP contribution >= 0.6 is 0 Å². The molecule has 8 rings (SSSR count). The van der Waals surface area contributed by atoms with Crippen LogP contribution in [0, 0.1) is 11.3 Å². The van der Waals surface area contributed by atoms with Gasteiger partial charge in [-0.05, 0) is 88.0 Å². The summed E-state index contributed by atoms with van der Waals surface area (Å²) < 4.78 is 12.4. The van der Waals surface area contributed by atoms with E-state index in [1.807, 2.05) is 54.6 Å².